The summed E-state index contributed by atoms with van der Waals surface area (Å²) in [5.74, 6) is 1.89. The fourth-order valence-corrected chi connectivity index (χ4v) is 3.08. The average Bonchev–Trinajstić information content (AvgIpc) is 2.93. The number of rotatable bonds is 4. The standard InChI is InChI=1S/C16H21N5O/c1-12-18-7-9-21(12)16-6-2-5-14(19-16)13-4-3-8-20(10-13)11-15(17)22/h2,5-7,9,13H,3-4,8,10-11H2,1H3,(H2,17,22). The summed E-state index contributed by atoms with van der Waals surface area (Å²) in [6.45, 7) is 4.06. The van der Waals surface area contributed by atoms with E-state index in [0.717, 1.165) is 43.3 Å². The van der Waals surface area contributed by atoms with Crippen LogP contribution < -0.4 is 5.73 Å². The Labute approximate surface area is 130 Å². The lowest BCUT2D eigenvalue weighted by atomic mass is 9.94. The van der Waals surface area contributed by atoms with E-state index in [1.807, 2.05) is 29.8 Å². The molecule has 0 bridgehead atoms. The van der Waals surface area contributed by atoms with Gasteiger partial charge in [0.05, 0.1) is 6.54 Å². The van der Waals surface area contributed by atoms with Crippen LogP contribution in [0.15, 0.2) is 30.6 Å². The molecule has 1 saturated heterocycles. The van der Waals surface area contributed by atoms with Gasteiger partial charge in [-0.15, -0.1) is 0 Å². The molecule has 6 nitrogen and oxygen atoms in total. The summed E-state index contributed by atoms with van der Waals surface area (Å²) in [5.41, 5.74) is 6.38. The first-order valence-electron chi connectivity index (χ1n) is 7.61. The zero-order valence-electron chi connectivity index (χ0n) is 12.8. The molecule has 3 heterocycles. The monoisotopic (exact) mass is 299 g/mol. The van der Waals surface area contributed by atoms with Crippen LogP contribution in [0.2, 0.25) is 0 Å². The van der Waals surface area contributed by atoms with Gasteiger partial charge in [0.2, 0.25) is 5.91 Å². The predicted octanol–water partition coefficient (Wildman–Crippen LogP) is 1.24. The van der Waals surface area contributed by atoms with Gasteiger partial charge in [-0.25, -0.2) is 9.97 Å². The molecule has 2 N–H and O–H groups in total. The van der Waals surface area contributed by atoms with Gasteiger partial charge in [-0.1, -0.05) is 6.07 Å². The topological polar surface area (TPSA) is 77.0 Å². The predicted molar refractivity (Wildman–Crippen MR) is 83.7 cm³/mol. The number of piperidine rings is 1. The third-order valence-electron chi connectivity index (χ3n) is 4.13. The number of carbonyl (C=O) groups excluding carboxylic acids is 1. The van der Waals surface area contributed by atoms with Crippen molar-refractivity contribution in [1.82, 2.24) is 19.4 Å². The van der Waals surface area contributed by atoms with Crippen molar-refractivity contribution in [3.8, 4) is 5.82 Å². The summed E-state index contributed by atoms with van der Waals surface area (Å²) in [6, 6.07) is 6.08. The maximum absolute atomic E-state index is 11.1. The van der Waals surface area contributed by atoms with Crippen molar-refractivity contribution in [2.45, 2.75) is 25.7 Å². The van der Waals surface area contributed by atoms with E-state index in [0.29, 0.717) is 12.5 Å². The van der Waals surface area contributed by atoms with E-state index in [4.69, 9.17) is 10.7 Å². The maximum Gasteiger partial charge on any atom is 0.231 e. The number of aryl methyl sites for hydroxylation is 1. The number of imidazole rings is 1. The Balaban J connectivity index is 1.80. The number of pyridine rings is 1. The minimum Gasteiger partial charge on any atom is -0.369 e. The smallest absolute Gasteiger partial charge is 0.231 e. The van der Waals surface area contributed by atoms with Crippen LogP contribution in [0.4, 0.5) is 0 Å². The Morgan fingerprint density at radius 1 is 1.45 bits per heavy atom. The van der Waals surface area contributed by atoms with Crippen molar-refractivity contribution in [2.24, 2.45) is 5.73 Å². The third-order valence-corrected chi connectivity index (χ3v) is 4.13. The van der Waals surface area contributed by atoms with E-state index in [1.54, 1.807) is 6.20 Å². The highest BCUT2D eigenvalue weighted by molar-refractivity contribution is 5.75. The SMILES string of the molecule is Cc1nccn1-c1cccc(C2CCCN(CC(N)=O)C2)n1. The Hall–Kier alpha value is -2.21. The molecule has 0 saturated carbocycles. The molecule has 1 fully saturated rings. The number of nitrogens with zero attached hydrogens (tertiary/aromatic N) is 4. The first-order chi connectivity index (χ1) is 10.6. The number of amides is 1. The molecule has 0 aliphatic carbocycles. The van der Waals surface area contributed by atoms with Gasteiger partial charge in [0.25, 0.3) is 0 Å². The molecule has 6 heteroatoms. The van der Waals surface area contributed by atoms with Gasteiger partial charge in [-0.05, 0) is 38.4 Å². The third kappa shape index (κ3) is 3.17. The number of hydrogen-bond acceptors (Lipinski definition) is 4. The van der Waals surface area contributed by atoms with Gasteiger partial charge >= 0.3 is 0 Å². The van der Waals surface area contributed by atoms with Gasteiger partial charge in [0.1, 0.15) is 11.6 Å². The highest BCUT2D eigenvalue weighted by atomic mass is 16.1. The van der Waals surface area contributed by atoms with E-state index in [9.17, 15) is 4.79 Å². The fourth-order valence-electron chi connectivity index (χ4n) is 3.08. The highest BCUT2D eigenvalue weighted by Crippen LogP contribution is 2.26. The first-order valence-corrected chi connectivity index (χ1v) is 7.61. The van der Waals surface area contributed by atoms with Gasteiger partial charge < -0.3 is 5.73 Å². The molecule has 0 radical (unpaired) electrons. The van der Waals surface area contributed by atoms with Crippen molar-refractivity contribution in [3.05, 3.63) is 42.1 Å². The van der Waals surface area contributed by atoms with Crippen LogP contribution in [0.3, 0.4) is 0 Å². The van der Waals surface area contributed by atoms with Crippen LogP contribution in [0.1, 0.15) is 30.3 Å². The number of carbonyl (C=O) groups is 1. The number of primary amides is 1. The van der Waals surface area contributed by atoms with E-state index < -0.39 is 0 Å². The largest absolute Gasteiger partial charge is 0.369 e. The normalized spacial score (nSPS) is 19.2. The number of hydrogen-bond donors (Lipinski definition) is 1. The van der Waals surface area contributed by atoms with Crippen LogP contribution in [0, 0.1) is 6.92 Å². The molecule has 1 aliphatic rings. The second-order valence-corrected chi connectivity index (χ2v) is 5.81. The molecule has 22 heavy (non-hydrogen) atoms. The van der Waals surface area contributed by atoms with Crippen LogP contribution in [-0.4, -0.2) is 45.0 Å². The molecule has 1 amide bonds. The van der Waals surface area contributed by atoms with E-state index in [2.05, 4.69) is 16.0 Å². The van der Waals surface area contributed by atoms with Gasteiger partial charge in [0.15, 0.2) is 0 Å². The van der Waals surface area contributed by atoms with Gasteiger partial charge in [0, 0.05) is 30.6 Å². The van der Waals surface area contributed by atoms with Crippen LogP contribution in [0.25, 0.3) is 5.82 Å². The molecule has 2 aromatic rings. The molecule has 0 spiro atoms. The number of nitrogens with two attached hydrogens (primary N) is 1. The zero-order chi connectivity index (χ0) is 15.5. The first kappa shape index (κ1) is 14.7. The fraction of sp³-hybridized carbons (Fsp3) is 0.438. The van der Waals surface area contributed by atoms with Crippen molar-refractivity contribution >= 4 is 5.91 Å². The maximum atomic E-state index is 11.1. The second-order valence-electron chi connectivity index (χ2n) is 5.81. The molecule has 3 rings (SSSR count). The summed E-state index contributed by atoms with van der Waals surface area (Å²) in [7, 11) is 0. The molecule has 1 aliphatic heterocycles. The molecule has 1 unspecified atom stereocenters. The Morgan fingerprint density at radius 2 is 2.32 bits per heavy atom. The Bertz CT molecular complexity index is 666. The van der Waals surface area contributed by atoms with E-state index >= 15 is 0 Å². The van der Waals surface area contributed by atoms with Crippen molar-refractivity contribution < 1.29 is 4.79 Å². The Kier molecular flexibility index (Phi) is 4.20. The average molecular weight is 299 g/mol. The molecular formula is C16H21N5O. The lowest BCUT2D eigenvalue weighted by Crippen LogP contribution is -2.40. The van der Waals surface area contributed by atoms with Gasteiger partial charge in [-0.2, -0.15) is 0 Å². The molecule has 116 valence electrons. The molecule has 2 aromatic heterocycles. The van der Waals surface area contributed by atoms with Crippen LogP contribution in [-0.2, 0) is 4.79 Å². The summed E-state index contributed by atoms with van der Waals surface area (Å²) in [5, 5.41) is 0. The minimum atomic E-state index is -0.267. The van der Waals surface area contributed by atoms with Gasteiger partial charge in [-0.3, -0.25) is 14.3 Å². The lowest BCUT2D eigenvalue weighted by molar-refractivity contribution is -0.119. The molecule has 1 atom stereocenters. The quantitative estimate of drug-likeness (QED) is 0.921. The molecular weight excluding hydrogens is 278 g/mol. The Morgan fingerprint density at radius 3 is 3.05 bits per heavy atom. The van der Waals surface area contributed by atoms with Crippen LogP contribution in [0.5, 0.6) is 0 Å². The summed E-state index contributed by atoms with van der Waals surface area (Å²) < 4.78 is 1.98. The van der Waals surface area contributed by atoms with Crippen molar-refractivity contribution in [1.29, 1.82) is 0 Å². The number of aromatic nitrogens is 3. The highest BCUT2D eigenvalue weighted by Gasteiger charge is 2.23. The second kappa shape index (κ2) is 6.27. The lowest BCUT2D eigenvalue weighted by Gasteiger charge is -2.31. The van der Waals surface area contributed by atoms with E-state index in [-0.39, 0.29) is 5.91 Å². The minimum absolute atomic E-state index is 0.267. The van der Waals surface area contributed by atoms with Crippen LogP contribution >= 0.6 is 0 Å². The summed E-state index contributed by atoms with van der Waals surface area (Å²) in [6.07, 6.45) is 5.85. The number of likely N-dealkylation sites (tertiary alicyclic amines) is 1. The van der Waals surface area contributed by atoms with E-state index in [1.165, 1.54) is 0 Å². The summed E-state index contributed by atoms with van der Waals surface area (Å²) in [4.78, 5) is 22.3. The van der Waals surface area contributed by atoms with Crippen molar-refractivity contribution in [2.75, 3.05) is 19.6 Å². The summed E-state index contributed by atoms with van der Waals surface area (Å²) >= 11 is 0. The zero-order valence-corrected chi connectivity index (χ0v) is 12.8. The van der Waals surface area contributed by atoms with Crippen molar-refractivity contribution in [3.63, 3.8) is 0 Å². The molecule has 0 aromatic carbocycles.